The molecule has 0 spiro atoms. The molecular weight excluding hydrogens is 304 g/mol. The lowest BCUT2D eigenvalue weighted by Gasteiger charge is -2.27. The third-order valence-corrected chi connectivity index (χ3v) is 4.56. The molecule has 4 rings (SSSR count). The first-order valence-corrected chi connectivity index (χ1v) is 7.40. The Bertz CT molecular complexity index is 784. The van der Waals surface area contributed by atoms with Crippen LogP contribution in [0.4, 0.5) is 0 Å². The van der Waals surface area contributed by atoms with E-state index in [0.717, 1.165) is 22.4 Å². The first kappa shape index (κ1) is 13.5. The van der Waals surface area contributed by atoms with Crippen LogP contribution in [0, 0.1) is 6.92 Å². The number of carbonyl (C=O) groups excluding carboxylic acids is 1. The summed E-state index contributed by atoms with van der Waals surface area (Å²) >= 11 is 6.24. The molecule has 22 heavy (non-hydrogen) atoms. The molecule has 4 nitrogen and oxygen atoms in total. The summed E-state index contributed by atoms with van der Waals surface area (Å²) in [6.07, 6.45) is 0.286. The first-order chi connectivity index (χ1) is 10.6. The van der Waals surface area contributed by atoms with E-state index in [0.29, 0.717) is 16.5 Å². The highest BCUT2D eigenvalue weighted by atomic mass is 35.5. The molecule has 2 heterocycles. The van der Waals surface area contributed by atoms with Crippen molar-refractivity contribution < 1.29 is 19.0 Å². The Hall–Kier alpha value is -2.20. The smallest absolute Gasteiger partial charge is 0.312 e. The van der Waals surface area contributed by atoms with Gasteiger partial charge in [-0.2, -0.15) is 0 Å². The van der Waals surface area contributed by atoms with Gasteiger partial charge in [0.15, 0.2) is 11.5 Å². The number of rotatable bonds is 1. The van der Waals surface area contributed by atoms with Crippen LogP contribution in [0.2, 0.25) is 5.02 Å². The molecule has 2 aromatic carbocycles. The molecule has 0 saturated heterocycles. The predicted molar refractivity (Wildman–Crippen MR) is 80.8 cm³/mol. The highest BCUT2D eigenvalue weighted by Crippen LogP contribution is 2.44. The van der Waals surface area contributed by atoms with E-state index in [1.54, 1.807) is 12.1 Å². The molecule has 0 saturated carbocycles. The average molecular weight is 317 g/mol. The second kappa shape index (κ2) is 4.92. The Balaban J connectivity index is 1.86. The monoisotopic (exact) mass is 316 g/mol. The van der Waals surface area contributed by atoms with Crippen molar-refractivity contribution in [1.29, 1.82) is 0 Å². The number of esters is 1. The Labute approximate surface area is 132 Å². The van der Waals surface area contributed by atoms with Gasteiger partial charge in [-0.05, 0) is 42.3 Å². The van der Waals surface area contributed by atoms with Gasteiger partial charge in [0, 0.05) is 16.5 Å². The SMILES string of the molecule is Cc1c(Cl)ccc2c1[C@H](c1ccc3c(c1)OCO3)CC(=O)O2. The fourth-order valence-electron chi connectivity index (χ4n) is 3.05. The standard InChI is InChI=1S/C17H13ClO4/c1-9-12(18)3-5-14-17(9)11(7-16(19)22-14)10-2-4-13-15(6-10)21-8-20-13/h2-6,11H,7-8H2,1H3/t11-/m0/s1. The number of carbonyl (C=O) groups is 1. The molecule has 0 aromatic heterocycles. The van der Waals surface area contributed by atoms with E-state index < -0.39 is 0 Å². The lowest BCUT2D eigenvalue weighted by molar-refractivity contribution is -0.135. The first-order valence-electron chi connectivity index (χ1n) is 7.02. The second-order valence-electron chi connectivity index (χ2n) is 5.43. The van der Waals surface area contributed by atoms with Gasteiger partial charge in [-0.15, -0.1) is 0 Å². The van der Waals surface area contributed by atoms with Crippen LogP contribution in [0.1, 0.15) is 29.0 Å². The molecule has 2 aromatic rings. The van der Waals surface area contributed by atoms with Crippen LogP contribution in [0.25, 0.3) is 0 Å². The highest BCUT2D eigenvalue weighted by Gasteiger charge is 2.31. The van der Waals surface area contributed by atoms with E-state index in [2.05, 4.69) is 0 Å². The molecule has 0 bridgehead atoms. The highest BCUT2D eigenvalue weighted by molar-refractivity contribution is 6.31. The van der Waals surface area contributed by atoms with E-state index in [4.69, 9.17) is 25.8 Å². The molecule has 0 fully saturated rings. The molecule has 1 atom stereocenters. The molecule has 0 aliphatic carbocycles. The van der Waals surface area contributed by atoms with Crippen LogP contribution in [0.5, 0.6) is 17.2 Å². The Morgan fingerprint density at radius 3 is 2.73 bits per heavy atom. The Morgan fingerprint density at radius 1 is 1.09 bits per heavy atom. The third kappa shape index (κ3) is 2.03. The van der Waals surface area contributed by atoms with Crippen LogP contribution < -0.4 is 14.2 Å². The van der Waals surface area contributed by atoms with Gasteiger partial charge in [-0.1, -0.05) is 17.7 Å². The van der Waals surface area contributed by atoms with Crippen molar-refractivity contribution in [3.05, 3.63) is 52.0 Å². The van der Waals surface area contributed by atoms with Crippen molar-refractivity contribution in [3.8, 4) is 17.2 Å². The predicted octanol–water partition coefficient (Wildman–Crippen LogP) is 3.82. The molecular formula is C17H13ClO4. The molecule has 112 valence electrons. The zero-order chi connectivity index (χ0) is 15.3. The summed E-state index contributed by atoms with van der Waals surface area (Å²) in [6.45, 7) is 2.17. The quantitative estimate of drug-likeness (QED) is 0.592. The van der Waals surface area contributed by atoms with Crippen molar-refractivity contribution in [1.82, 2.24) is 0 Å². The lowest BCUT2D eigenvalue weighted by Crippen LogP contribution is -2.22. The molecule has 0 N–H and O–H groups in total. The van der Waals surface area contributed by atoms with Crippen LogP contribution >= 0.6 is 11.6 Å². The number of halogens is 1. The maximum atomic E-state index is 11.9. The fourth-order valence-corrected chi connectivity index (χ4v) is 3.21. The number of hydrogen-bond donors (Lipinski definition) is 0. The molecule has 5 heteroatoms. The maximum absolute atomic E-state index is 11.9. The summed E-state index contributed by atoms with van der Waals surface area (Å²) in [6, 6.07) is 9.26. The van der Waals surface area contributed by atoms with Crippen LogP contribution in [0.3, 0.4) is 0 Å². The number of fused-ring (bicyclic) bond motifs is 2. The summed E-state index contributed by atoms with van der Waals surface area (Å²) in [5, 5.41) is 0.669. The van der Waals surface area contributed by atoms with E-state index in [-0.39, 0.29) is 25.1 Å². The van der Waals surface area contributed by atoms with Crippen molar-refractivity contribution >= 4 is 17.6 Å². The van der Waals surface area contributed by atoms with Gasteiger partial charge in [0.2, 0.25) is 6.79 Å². The van der Waals surface area contributed by atoms with Crippen molar-refractivity contribution in [3.63, 3.8) is 0 Å². The van der Waals surface area contributed by atoms with Gasteiger partial charge in [-0.25, -0.2) is 0 Å². The minimum Gasteiger partial charge on any atom is -0.454 e. The summed E-state index contributed by atoms with van der Waals surface area (Å²) in [5.41, 5.74) is 2.90. The third-order valence-electron chi connectivity index (χ3n) is 4.15. The van der Waals surface area contributed by atoms with Gasteiger partial charge >= 0.3 is 5.97 Å². The lowest BCUT2D eigenvalue weighted by atomic mass is 9.84. The summed E-state index contributed by atoms with van der Waals surface area (Å²) in [7, 11) is 0. The average Bonchev–Trinajstić information content (AvgIpc) is 2.97. The van der Waals surface area contributed by atoms with Crippen molar-refractivity contribution in [2.24, 2.45) is 0 Å². The van der Waals surface area contributed by atoms with Gasteiger partial charge < -0.3 is 14.2 Å². The van der Waals surface area contributed by atoms with Crippen molar-refractivity contribution in [2.75, 3.05) is 6.79 Å². The van der Waals surface area contributed by atoms with Crippen molar-refractivity contribution in [2.45, 2.75) is 19.3 Å². The molecule has 0 unspecified atom stereocenters. The minimum absolute atomic E-state index is 0.0931. The molecule has 2 aliphatic rings. The zero-order valence-electron chi connectivity index (χ0n) is 11.9. The summed E-state index contributed by atoms with van der Waals surface area (Å²) in [4.78, 5) is 11.9. The van der Waals surface area contributed by atoms with E-state index >= 15 is 0 Å². The van der Waals surface area contributed by atoms with Crippen LogP contribution in [0.15, 0.2) is 30.3 Å². The Kier molecular flexibility index (Phi) is 3.01. The Morgan fingerprint density at radius 2 is 1.86 bits per heavy atom. The second-order valence-corrected chi connectivity index (χ2v) is 5.83. The van der Waals surface area contributed by atoms with Gasteiger partial charge in [0.25, 0.3) is 0 Å². The summed E-state index contributed by atoms with van der Waals surface area (Å²) in [5.74, 6) is 1.69. The van der Waals surface area contributed by atoms with Crippen LogP contribution in [-0.4, -0.2) is 12.8 Å². The van der Waals surface area contributed by atoms with E-state index in [9.17, 15) is 4.79 Å². The number of ether oxygens (including phenoxy) is 3. The molecule has 0 radical (unpaired) electrons. The van der Waals surface area contributed by atoms with Crippen LogP contribution in [-0.2, 0) is 4.79 Å². The largest absolute Gasteiger partial charge is 0.454 e. The van der Waals surface area contributed by atoms with Gasteiger partial charge in [0.05, 0.1) is 6.42 Å². The van der Waals surface area contributed by atoms with Gasteiger partial charge in [-0.3, -0.25) is 4.79 Å². The topological polar surface area (TPSA) is 44.8 Å². The van der Waals surface area contributed by atoms with E-state index in [1.165, 1.54) is 0 Å². The normalized spacial score (nSPS) is 18.8. The zero-order valence-corrected chi connectivity index (χ0v) is 12.6. The molecule has 2 aliphatic heterocycles. The fraction of sp³-hybridized carbons (Fsp3) is 0.235. The van der Waals surface area contributed by atoms with Gasteiger partial charge in [0.1, 0.15) is 5.75 Å². The van der Waals surface area contributed by atoms with E-state index in [1.807, 2.05) is 25.1 Å². The summed E-state index contributed by atoms with van der Waals surface area (Å²) < 4.78 is 16.1. The minimum atomic E-state index is -0.239. The maximum Gasteiger partial charge on any atom is 0.312 e. The number of benzene rings is 2. The number of hydrogen-bond acceptors (Lipinski definition) is 4. The molecule has 0 amide bonds.